The molecule has 0 aliphatic carbocycles. The molecule has 1 aromatic carbocycles. The van der Waals surface area contributed by atoms with E-state index in [4.69, 9.17) is 10.8 Å². The van der Waals surface area contributed by atoms with E-state index in [1.807, 2.05) is 0 Å². The molecule has 0 heterocycles. The van der Waals surface area contributed by atoms with Crippen molar-refractivity contribution in [1.29, 1.82) is 0 Å². The largest absolute Gasteiger partial charge is 0.481 e. The fourth-order valence-corrected chi connectivity index (χ4v) is 1.53. The minimum atomic E-state index is -0.811. The maximum Gasteiger partial charge on any atom is 0.306 e. The van der Waals surface area contributed by atoms with Crippen LogP contribution in [0.5, 0.6) is 0 Å². The number of hydrogen-bond donors (Lipinski definition) is 3. The van der Waals surface area contributed by atoms with Crippen molar-refractivity contribution >= 4 is 17.6 Å². The van der Waals surface area contributed by atoms with Crippen LogP contribution >= 0.6 is 0 Å². The summed E-state index contributed by atoms with van der Waals surface area (Å²) in [6.45, 7) is 2.10. The van der Waals surface area contributed by atoms with Gasteiger partial charge in [0, 0.05) is 12.2 Å². The third kappa shape index (κ3) is 4.08. The van der Waals surface area contributed by atoms with Crippen LogP contribution in [0.1, 0.15) is 30.1 Å². The summed E-state index contributed by atoms with van der Waals surface area (Å²) in [6.07, 6.45) is 1.17. The molecule has 0 fully saturated rings. The molecule has 0 saturated carbocycles. The van der Waals surface area contributed by atoms with Gasteiger partial charge >= 0.3 is 5.97 Å². The van der Waals surface area contributed by atoms with Gasteiger partial charge in [-0.25, -0.2) is 0 Å². The summed E-state index contributed by atoms with van der Waals surface area (Å²) in [4.78, 5) is 22.3. The smallest absolute Gasteiger partial charge is 0.306 e. The van der Waals surface area contributed by atoms with Crippen LogP contribution in [0.3, 0.4) is 0 Å². The Hall–Kier alpha value is -2.04. The van der Waals surface area contributed by atoms with Gasteiger partial charge < -0.3 is 16.2 Å². The van der Waals surface area contributed by atoms with Gasteiger partial charge in [-0.05, 0) is 25.0 Å². The van der Waals surface area contributed by atoms with E-state index in [0.717, 1.165) is 0 Å². The number of carboxylic acids is 1. The van der Waals surface area contributed by atoms with Gasteiger partial charge in [0.25, 0.3) is 5.91 Å². The zero-order valence-electron chi connectivity index (χ0n) is 10.3. The summed E-state index contributed by atoms with van der Waals surface area (Å²) in [6, 6.07) is 6.84. The summed E-state index contributed by atoms with van der Waals surface area (Å²) in [5.74, 6) is -1.42. The van der Waals surface area contributed by atoms with E-state index in [2.05, 4.69) is 5.32 Å². The van der Waals surface area contributed by atoms with E-state index in [0.29, 0.717) is 30.6 Å². The van der Waals surface area contributed by atoms with Gasteiger partial charge in [-0.15, -0.1) is 0 Å². The Balaban J connectivity index is 2.34. The number of nitrogen functional groups attached to an aromatic ring is 1. The number of amides is 1. The Labute approximate surface area is 106 Å². The number of anilines is 1. The predicted octanol–water partition coefficient (Wildman–Crippen LogP) is 1.50. The maximum atomic E-state index is 11.7. The van der Waals surface area contributed by atoms with Gasteiger partial charge in [0.05, 0.1) is 11.5 Å². The highest BCUT2D eigenvalue weighted by molar-refractivity contribution is 5.99. The number of hydrogen-bond acceptors (Lipinski definition) is 3. The number of nitrogens with two attached hydrogens (primary N) is 1. The molecule has 1 unspecified atom stereocenters. The number of nitrogens with one attached hydrogen (secondary N) is 1. The number of rotatable bonds is 6. The normalized spacial score (nSPS) is 11.8. The summed E-state index contributed by atoms with van der Waals surface area (Å²) in [5, 5.41) is 11.4. The molecule has 4 N–H and O–H groups in total. The Bertz CT molecular complexity index is 432. The zero-order chi connectivity index (χ0) is 13.5. The SMILES string of the molecule is CC(CCCNC(=O)c1ccccc1N)C(=O)O. The average Bonchev–Trinajstić information content (AvgIpc) is 2.34. The van der Waals surface area contributed by atoms with Crippen LogP contribution in [0, 0.1) is 5.92 Å². The Kier molecular flexibility index (Phi) is 5.17. The van der Waals surface area contributed by atoms with E-state index >= 15 is 0 Å². The van der Waals surface area contributed by atoms with Crippen LogP contribution in [0.4, 0.5) is 5.69 Å². The van der Waals surface area contributed by atoms with E-state index in [-0.39, 0.29) is 11.8 Å². The molecule has 0 bridgehead atoms. The number of carbonyl (C=O) groups is 2. The highest BCUT2D eigenvalue weighted by atomic mass is 16.4. The van der Waals surface area contributed by atoms with Crippen molar-refractivity contribution in [2.24, 2.45) is 5.92 Å². The monoisotopic (exact) mass is 250 g/mol. The molecule has 18 heavy (non-hydrogen) atoms. The van der Waals surface area contributed by atoms with Gasteiger partial charge in [0.1, 0.15) is 0 Å². The highest BCUT2D eigenvalue weighted by Crippen LogP contribution is 2.10. The lowest BCUT2D eigenvalue weighted by Crippen LogP contribution is -2.26. The van der Waals surface area contributed by atoms with Crippen LogP contribution in [0.25, 0.3) is 0 Å². The van der Waals surface area contributed by atoms with Crippen LogP contribution in [-0.4, -0.2) is 23.5 Å². The van der Waals surface area contributed by atoms with Crippen molar-refractivity contribution in [2.45, 2.75) is 19.8 Å². The molecule has 1 atom stereocenters. The van der Waals surface area contributed by atoms with Crippen LogP contribution in [0.15, 0.2) is 24.3 Å². The molecular formula is C13H18N2O3. The molecule has 1 amide bonds. The highest BCUT2D eigenvalue weighted by Gasteiger charge is 2.11. The second kappa shape index (κ2) is 6.64. The van der Waals surface area contributed by atoms with Gasteiger partial charge in [-0.1, -0.05) is 19.1 Å². The summed E-state index contributed by atoms with van der Waals surface area (Å²) in [7, 11) is 0. The molecule has 98 valence electrons. The minimum Gasteiger partial charge on any atom is -0.481 e. The molecule has 0 aliphatic heterocycles. The van der Waals surface area contributed by atoms with E-state index in [1.54, 1.807) is 31.2 Å². The van der Waals surface area contributed by atoms with Crippen molar-refractivity contribution in [1.82, 2.24) is 5.32 Å². The summed E-state index contributed by atoms with van der Waals surface area (Å²) in [5.41, 5.74) is 6.56. The fourth-order valence-electron chi connectivity index (χ4n) is 1.53. The van der Waals surface area contributed by atoms with Gasteiger partial charge in [0.2, 0.25) is 0 Å². The number of para-hydroxylation sites is 1. The minimum absolute atomic E-state index is 0.226. The third-order valence-electron chi connectivity index (χ3n) is 2.73. The van der Waals surface area contributed by atoms with Gasteiger partial charge in [-0.3, -0.25) is 9.59 Å². The average molecular weight is 250 g/mol. The van der Waals surface area contributed by atoms with Gasteiger partial charge in [-0.2, -0.15) is 0 Å². The molecule has 1 aromatic rings. The Morgan fingerprint density at radius 3 is 2.67 bits per heavy atom. The van der Waals surface area contributed by atoms with Crippen molar-refractivity contribution < 1.29 is 14.7 Å². The number of benzene rings is 1. The van der Waals surface area contributed by atoms with Crippen LogP contribution in [-0.2, 0) is 4.79 Å². The lowest BCUT2D eigenvalue weighted by atomic mass is 10.1. The lowest BCUT2D eigenvalue weighted by Gasteiger charge is -2.08. The van der Waals surface area contributed by atoms with Crippen LogP contribution in [0.2, 0.25) is 0 Å². The van der Waals surface area contributed by atoms with Crippen molar-refractivity contribution in [3.63, 3.8) is 0 Å². The number of carbonyl (C=O) groups excluding carboxylic acids is 1. The standard InChI is InChI=1S/C13H18N2O3/c1-9(13(17)18)5-4-8-15-12(16)10-6-2-3-7-11(10)14/h2-3,6-7,9H,4-5,8,14H2,1H3,(H,15,16)(H,17,18). The molecule has 0 aliphatic rings. The molecule has 5 heteroatoms. The first-order valence-corrected chi connectivity index (χ1v) is 5.88. The van der Waals surface area contributed by atoms with E-state index < -0.39 is 5.97 Å². The molecule has 0 radical (unpaired) electrons. The maximum absolute atomic E-state index is 11.7. The summed E-state index contributed by atoms with van der Waals surface area (Å²) < 4.78 is 0. The number of aliphatic carboxylic acids is 1. The molecule has 0 saturated heterocycles. The van der Waals surface area contributed by atoms with Crippen molar-refractivity contribution in [3.8, 4) is 0 Å². The van der Waals surface area contributed by atoms with Gasteiger partial charge in [0.15, 0.2) is 0 Å². The van der Waals surface area contributed by atoms with E-state index in [1.165, 1.54) is 0 Å². The molecular weight excluding hydrogens is 232 g/mol. The first-order valence-electron chi connectivity index (χ1n) is 5.88. The second-order valence-electron chi connectivity index (χ2n) is 4.22. The molecule has 0 spiro atoms. The Morgan fingerprint density at radius 2 is 2.06 bits per heavy atom. The quantitative estimate of drug-likeness (QED) is 0.527. The van der Waals surface area contributed by atoms with E-state index in [9.17, 15) is 9.59 Å². The predicted molar refractivity (Wildman–Crippen MR) is 69.2 cm³/mol. The second-order valence-corrected chi connectivity index (χ2v) is 4.22. The Morgan fingerprint density at radius 1 is 1.39 bits per heavy atom. The fraction of sp³-hybridized carbons (Fsp3) is 0.385. The summed E-state index contributed by atoms with van der Waals surface area (Å²) >= 11 is 0. The first kappa shape index (κ1) is 14.0. The molecule has 5 nitrogen and oxygen atoms in total. The molecule has 1 rings (SSSR count). The lowest BCUT2D eigenvalue weighted by molar-refractivity contribution is -0.141. The third-order valence-corrected chi connectivity index (χ3v) is 2.73. The number of carboxylic acid groups (broad SMARTS) is 1. The van der Waals surface area contributed by atoms with Crippen LogP contribution < -0.4 is 11.1 Å². The molecule has 0 aromatic heterocycles. The first-order chi connectivity index (χ1) is 8.52. The van der Waals surface area contributed by atoms with Crippen molar-refractivity contribution in [3.05, 3.63) is 29.8 Å². The topological polar surface area (TPSA) is 92.4 Å². The zero-order valence-corrected chi connectivity index (χ0v) is 10.3. The van der Waals surface area contributed by atoms with Crippen molar-refractivity contribution in [2.75, 3.05) is 12.3 Å².